The first-order valence-corrected chi connectivity index (χ1v) is 7.20. The molecule has 0 spiro atoms. The van der Waals surface area contributed by atoms with Gasteiger partial charge < -0.3 is 10.6 Å². The van der Waals surface area contributed by atoms with Crippen LogP contribution in [0.4, 0.5) is 0 Å². The van der Waals surface area contributed by atoms with Crippen molar-refractivity contribution >= 4 is 5.91 Å². The van der Waals surface area contributed by atoms with E-state index in [1.807, 2.05) is 0 Å². The summed E-state index contributed by atoms with van der Waals surface area (Å²) in [6.07, 6.45) is 5.80. The smallest absolute Gasteiger partial charge is 0.224 e. The van der Waals surface area contributed by atoms with E-state index in [2.05, 4.69) is 31.4 Å². The molecule has 1 aliphatic rings. The Kier molecular flexibility index (Phi) is 6.56. The molecular formula is C14H28N2O. The Morgan fingerprint density at radius 2 is 2.06 bits per heavy atom. The van der Waals surface area contributed by atoms with Crippen LogP contribution in [0.25, 0.3) is 0 Å². The SMILES string of the molecule is CCCCC(CCC)NC(=O)C1CNCC1C. The van der Waals surface area contributed by atoms with E-state index in [4.69, 9.17) is 0 Å². The highest BCUT2D eigenvalue weighted by Gasteiger charge is 2.30. The highest BCUT2D eigenvalue weighted by molar-refractivity contribution is 5.79. The summed E-state index contributed by atoms with van der Waals surface area (Å²) in [6.45, 7) is 8.37. The topological polar surface area (TPSA) is 41.1 Å². The fourth-order valence-electron chi connectivity index (χ4n) is 2.56. The average molecular weight is 240 g/mol. The summed E-state index contributed by atoms with van der Waals surface area (Å²) in [5, 5.41) is 6.54. The maximum atomic E-state index is 12.2. The van der Waals surface area contributed by atoms with Gasteiger partial charge in [-0.05, 0) is 25.3 Å². The molecule has 0 radical (unpaired) electrons. The van der Waals surface area contributed by atoms with Gasteiger partial charge in [-0.2, -0.15) is 0 Å². The first-order chi connectivity index (χ1) is 8.19. The van der Waals surface area contributed by atoms with Gasteiger partial charge >= 0.3 is 0 Å². The molecule has 1 fully saturated rings. The molecule has 0 aliphatic carbocycles. The van der Waals surface area contributed by atoms with Crippen LogP contribution in [0.5, 0.6) is 0 Å². The minimum atomic E-state index is 0.177. The largest absolute Gasteiger partial charge is 0.353 e. The highest BCUT2D eigenvalue weighted by Crippen LogP contribution is 2.17. The second-order valence-corrected chi connectivity index (χ2v) is 5.38. The van der Waals surface area contributed by atoms with E-state index in [1.54, 1.807) is 0 Å². The molecule has 100 valence electrons. The number of hydrogen-bond donors (Lipinski definition) is 2. The number of amides is 1. The second-order valence-electron chi connectivity index (χ2n) is 5.38. The normalized spacial score (nSPS) is 25.8. The van der Waals surface area contributed by atoms with Gasteiger partial charge in [0.15, 0.2) is 0 Å². The molecule has 0 aromatic heterocycles. The lowest BCUT2D eigenvalue weighted by Crippen LogP contribution is -2.41. The van der Waals surface area contributed by atoms with E-state index in [1.165, 1.54) is 12.8 Å². The predicted molar refractivity (Wildman–Crippen MR) is 71.9 cm³/mol. The first-order valence-electron chi connectivity index (χ1n) is 7.20. The van der Waals surface area contributed by atoms with Crippen LogP contribution in [0.3, 0.4) is 0 Å². The van der Waals surface area contributed by atoms with Gasteiger partial charge in [-0.15, -0.1) is 0 Å². The molecule has 2 N–H and O–H groups in total. The van der Waals surface area contributed by atoms with Crippen LogP contribution in [0.15, 0.2) is 0 Å². The van der Waals surface area contributed by atoms with Crippen molar-refractivity contribution in [1.29, 1.82) is 0 Å². The molecular weight excluding hydrogens is 212 g/mol. The van der Waals surface area contributed by atoms with Crippen molar-refractivity contribution in [2.75, 3.05) is 13.1 Å². The lowest BCUT2D eigenvalue weighted by atomic mass is 9.96. The van der Waals surface area contributed by atoms with Crippen molar-refractivity contribution in [2.45, 2.75) is 58.9 Å². The zero-order chi connectivity index (χ0) is 12.7. The molecule has 1 rings (SSSR count). The Labute approximate surface area is 106 Å². The van der Waals surface area contributed by atoms with Gasteiger partial charge in [0, 0.05) is 12.6 Å². The van der Waals surface area contributed by atoms with Gasteiger partial charge in [0.1, 0.15) is 0 Å². The molecule has 3 heteroatoms. The van der Waals surface area contributed by atoms with E-state index >= 15 is 0 Å². The quantitative estimate of drug-likeness (QED) is 0.717. The molecule has 3 unspecified atom stereocenters. The number of nitrogens with one attached hydrogen (secondary N) is 2. The summed E-state index contributed by atoms with van der Waals surface area (Å²) >= 11 is 0. The van der Waals surface area contributed by atoms with E-state index in [-0.39, 0.29) is 11.8 Å². The second kappa shape index (κ2) is 7.70. The molecule has 1 aliphatic heterocycles. The Balaban J connectivity index is 2.39. The standard InChI is InChI=1S/C14H28N2O/c1-4-6-8-12(7-5-2)16-14(17)13-10-15-9-11(13)3/h11-13,15H,4-10H2,1-3H3,(H,16,17). The molecule has 1 amide bonds. The Bertz CT molecular complexity index is 230. The molecule has 0 saturated carbocycles. The fraction of sp³-hybridized carbons (Fsp3) is 0.929. The monoisotopic (exact) mass is 240 g/mol. The number of carbonyl (C=O) groups is 1. The van der Waals surface area contributed by atoms with E-state index in [9.17, 15) is 4.79 Å². The summed E-state index contributed by atoms with van der Waals surface area (Å²) in [5.74, 6) is 0.913. The van der Waals surface area contributed by atoms with Gasteiger partial charge in [0.05, 0.1) is 5.92 Å². The molecule has 0 bridgehead atoms. The Morgan fingerprint density at radius 3 is 2.59 bits per heavy atom. The van der Waals surface area contributed by atoms with E-state index in [0.717, 1.165) is 32.4 Å². The predicted octanol–water partition coefficient (Wildman–Crippen LogP) is 2.32. The van der Waals surface area contributed by atoms with Crippen molar-refractivity contribution in [3.63, 3.8) is 0 Å². The molecule has 1 heterocycles. The summed E-state index contributed by atoms with van der Waals surface area (Å²) < 4.78 is 0. The number of hydrogen-bond acceptors (Lipinski definition) is 2. The van der Waals surface area contributed by atoms with Crippen LogP contribution < -0.4 is 10.6 Å². The van der Waals surface area contributed by atoms with Crippen molar-refractivity contribution in [1.82, 2.24) is 10.6 Å². The van der Waals surface area contributed by atoms with Crippen molar-refractivity contribution < 1.29 is 4.79 Å². The zero-order valence-corrected chi connectivity index (χ0v) is 11.6. The van der Waals surface area contributed by atoms with Gasteiger partial charge in [0.2, 0.25) is 5.91 Å². The molecule has 0 aromatic carbocycles. The lowest BCUT2D eigenvalue weighted by molar-refractivity contribution is -0.126. The number of unbranched alkanes of at least 4 members (excludes halogenated alkanes) is 1. The lowest BCUT2D eigenvalue weighted by Gasteiger charge is -2.21. The van der Waals surface area contributed by atoms with Crippen LogP contribution in [0, 0.1) is 11.8 Å². The third-order valence-corrected chi connectivity index (χ3v) is 3.74. The summed E-state index contributed by atoms with van der Waals surface area (Å²) in [4.78, 5) is 12.2. The van der Waals surface area contributed by atoms with Crippen molar-refractivity contribution in [2.24, 2.45) is 11.8 Å². The molecule has 1 saturated heterocycles. The average Bonchev–Trinajstić information content (AvgIpc) is 2.72. The zero-order valence-electron chi connectivity index (χ0n) is 11.6. The van der Waals surface area contributed by atoms with E-state index in [0.29, 0.717) is 12.0 Å². The van der Waals surface area contributed by atoms with Crippen LogP contribution in [0.2, 0.25) is 0 Å². The van der Waals surface area contributed by atoms with Crippen LogP contribution >= 0.6 is 0 Å². The third-order valence-electron chi connectivity index (χ3n) is 3.74. The highest BCUT2D eigenvalue weighted by atomic mass is 16.2. The molecule has 3 nitrogen and oxygen atoms in total. The van der Waals surface area contributed by atoms with Crippen LogP contribution in [-0.4, -0.2) is 25.0 Å². The Morgan fingerprint density at radius 1 is 1.29 bits per heavy atom. The van der Waals surface area contributed by atoms with E-state index < -0.39 is 0 Å². The summed E-state index contributed by atoms with van der Waals surface area (Å²) in [7, 11) is 0. The first kappa shape index (κ1) is 14.5. The summed E-state index contributed by atoms with van der Waals surface area (Å²) in [6, 6.07) is 0.389. The number of rotatable bonds is 7. The van der Waals surface area contributed by atoms with Gasteiger partial charge in [0.25, 0.3) is 0 Å². The maximum Gasteiger partial charge on any atom is 0.224 e. The maximum absolute atomic E-state index is 12.2. The van der Waals surface area contributed by atoms with Crippen molar-refractivity contribution in [3.05, 3.63) is 0 Å². The van der Waals surface area contributed by atoms with Crippen LogP contribution in [-0.2, 0) is 4.79 Å². The Hall–Kier alpha value is -0.570. The summed E-state index contributed by atoms with van der Waals surface area (Å²) in [5.41, 5.74) is 0. The van der Waals surface area contributed by atoms with Crippen LogP contribution in [0.1, 0.15) is 52.9 Å². The minimum Gasteiger partial charge on any atom is -0.353 e. The minimum absolute atomic E-state index is 0.177. The van der Waals surface area contributed by atoms with Gasteiger partial charge in [-0.3, -0.25) is 4.79 Å². The van der Waals surface area contributed by atoms with Gasteiger partial charge in [-0.25, -0.2) is 0 Å². The number of carbonyl (C=O) groups excluding carboxylic acids is 1. The fourth-order valence-corrected chi connectivity index (χ4v) is 2.56. The molecule has 17 heavy (non-hydrogen) atoms. The van der Waals surface area contributed by atoms with Crippen molar-refractivity contribution in [3.8, 4) is 0 Å². The third kappa shape index (κ3) is 4.66. The molecule has 3 atom stereocenters. The molecule has 0 aromatic rings. The van der Waals surface area contributed by atoms with Gasteiger partial charge in [-0.1, -0.05) is 40.0 Å².